The molecule has 20 nitrogen and oxygen atoms in total. The van der Waals surface area contributed by atoms with Crippen molar-refractivity contribution in [2.45, 2.75) is 85.4 Å². The number of aliphatic hydroxyl groups excluding tert-OH is 1. The van der Waals surface area contributed by atoms with Crippen molar-refractivity contribution in [2.75, 3.05) is 85.8 Å². The molecular weight excluding hydrogens is 861 g/mol. The van der Waals surface area contributed by atoms with E-state index >= 15 is 0 Å². The van der Waals surface area contributed by atoms with Crippen LogP contribution in [-0.2, 0) is 64.4 Å². The number of hydrogen-bond donors (Lipinski definition) is 1. The molecule has 0 amide bonds. The topological polar surface area (TPSA) is 251 Å². The van der Waals surface area contributed by atoms with Crippen LogP contribution in [-0.4, -0.2) is 131 Å². The molecule has 21 heteroatoms. The summed E-state index contributed by atoms with van der Waals surface area (Å²) in [5.41, 5.74) is 9.09. The number of carbonyl (C=O) groups excluding carboxylic acids is 3. The third-order valence-electron chi connectivity index (χ3n) is 9.55. The maximum absolute atomic E-state index is 14.6. The Morgan fingerprint density at radius 3 is 2.02 bits per heavy atom. The van der Waals surface area contributed by atoms with Gasteiger partial charge in [0.25, 0.3) is 0 Å². The van der Waals surface area contributed by atoms with Crippen LogP contribution in [0.1, 0.15) is 76.2 Å². The van der Waals surface area contributed by atoms with Crippen LogP contribution in [0.15, 0.2) is 51.9 Å². The van der Waals surface area contributed by atoms with E-state index in [0.29, 0.717) is 58.2 Å². The molecule has 1 aliphatic rings. The zero-order valence-corrected chi connectivity index (χ0v) is 38.2. The average molecular weight is 925 g/mol. The maximum atomic E-state index is 14.6. The molecule has 1 saturated heterocycles. The van der Waals surface area contributed by atoms with Crippen LogP contribution in [0.4, 0.5) is 0 Å². The van der Waals surface area contributed by atoms with Gasteiger partial charge in [0, 0.05) is 62.3 Å². The van der Waals surface area contributed by atoms with Crippen LogP contribution < -0.4 is 13.1 Å². The van der Waals surface area contributed by atoms with Gasteiger partial charge in [0.1, 0.15) is 24.6 Å². The summed E-state index contributed by atoms with van der Waals surface area (Å²) < 4.78 is 82.0. The predicted octanol–water partition coefficient (Wildman–Crippen LogP) is 5.96. The minimum absolute atomic E-state index is 0.0183. The van der Waals surface area contributed by atoms with Gasteiger partial charge < -0.3 is 56.1 Å². The fourth-order valence-corrected chi connectivity index (χ4v) is 7.13. The summed E-state index contributed by atoms with van der Waals surface area (Å²) in [6.07, 6.45) is -0.275. The third kappa shape index (κ3) is 20.5. The number of carbonyl (C=O) groups is 3. The van der Waals surface area contributed by atoms with E-state index < -0.39 is 46.6 Å². The Hall–Kier alpha value is -4.57. The minimum Gasteiger partial charge on any atom is -0.463 e. The summed E-state index contributed by atoms with van der Waals surface area (Å²) in [4.78, 5) is 40.0. The molecule has 1 heterocycles. The normalized spacial score (nSPS) is 19.1. The van der Waals surface area contributed by atoms with Crippen molar-refractivity contribution < 1.29 is 74.7 Å². The van der Waals surface area contributed by atoms with Crippen LogP contribution in [0.2, 0.25) is 0 Å². The molecule has 2 aromatic rings. The van der Waals surface area contributed by atoms with E-state index in [1.165, 1.54) is 44.2 Å². The van der Waals surface area contributed by atoms with Crippen LogP contribution in [0.3, 0.4) is 0 Å². The maximum Gasteiger partial charge on any atom is 0.388 e. The second-order valence-corrected chi connectivity index (χ2v) is 16.0. The monoisotopic (exact) mass is 924 g/mol. The van der Waals surface area contributed by atoms with Gasteiger partial charge in [-0.2, -0.15) is 8.57 Å². The van der Waals surface area contributed by atoms with Crippen molar-refractivity contribution in [3.05, 3.63) is 64.0 Å². The van der Waals surface area contributed by atoms with E-state index in [9.17, 15) is 23.7 Å². The Balaban J connectivity index is 1.85. The second-order valence-electron chi connectivity index (χ2n) is 14.6. The van der Waals surface area contributed by atoms with Crippen molar-refractivity contribution in [1.29, 1.82) is 0 Å². The zero-order valence-electron chi connectivity index (χ0n) is 37.4. The quantitative estimate of drug-likeness (QED) is 0.0216. The standard InChI is InChI=1S/C43H64N4O16S/c1-6-7-18-53-22-24-56-21-17-46-64(52,62-37-13-10-35(29-48)11-14-37)63-40-28-36(38(51)9-8-19-54-23-26-57-27-25-55-20-16-45-47-44)12-15-39(40)60-43-32(3)31(2)42(59-34(5)50)41(61-43)30-58-33(4)49/h10-15,28,31-32,41-43,48H,6-9,16-27,29-30H2,1-5H3/t31-,32-,41-,42-,43+,64?/m1/s1. The first-order valence-electron chi connectivity index (χ1n) is 21.4. The molecule has 2 aromatic carbocycles. The lowest BCUT2D eigenvalue weighted by atomic mass is 9.84. The number of azide groups is 1. The first-order valence-corrected chi connectivity index (χ1v) is 22.8. The van der Waals surface area contributed by atoms with E-state index in [1.807, 2.05) is 13.8 Å². The molecule has 3 rings (SSSR count). The Kier molecular flexibility index (Phi) is 25.7. The van der Waals surface area contributed by atoms with Crippen LogP contribution in [0.25, 0.3) is 10.4 Å². The summed E-state index contributed by atoms with van der Waals surface area (Å²) in [7, 11) is -4.09. The van der Waals surface area contributed by atoms with Gasteiger partial charge in [0.05, 0.1) is 66.0 Å². The molecule has 1 N–H and O–H groups in total. The molecule has 0 aliphatic carbocycles. The zero-order chi connectivity index (χ0) is 46.6. The molecule has 1 fully saturated rings. The van der Waals surface area contributed by atoms with Crippen LogP contribution in [0, 0.1) is 11.8 Å². The fraction of sp³-hybridized carbons (Fsp3) is 0.651. The fourth-order valence-electron chi connectivity index (χ4n) is 5.98. The highest BCUT2D eigenvalue weighted by atomic mass is 32.2. The largest absolute Gasteiger partial charge is 0.463 e. The van der Waals surface area contributed by atoms with Crippen molar-refractivity contribution in [2.24, 2.45) is 21.3 Å². The highest BCUT2D eigenvalue weighted by Gasteiger charge is 2.45. The number of Topliss-reactive ketones (excluding diaryl/α,β-unsaturated/α-hetero) is 1. The molecule has 0 radical (unpaired) electrons. The van der Waals surface area contributed by atoms with Crippen molar-refractivity contribution >= 4 is 28.0 Å². The molecule has 358 valence electrons. The molecule has 64 heavy (non-hydrogen) atoms. The molecule has 0 bridgehead atoms. The second kappa shape index (κ2) is 30.5. The number of ketones is 1. The third-order valence-corrected chi connectivity index (χ3v) is 10.8. The number of unbranched alkanes of at least 4 members (excludes halogenated alkanes) is 1. The van der Waals surface area contributed by atoms with Crippen LogP contribution >= 0.6 is 0 Å². The van der Waals surface area contributed by atoms with E-state index in [4.69, 9.17) is 56.5 Å². The van der Waals surface area contributed by atoms with Gasteiger partial charge in [-0.1, -0.05) is 44.4 Å². The van der Waals surface area contributed by atoms with Crippen molar-refractivity contribution in [1.82, 2.24) is 0 Å². The summed E-state index contributed by atoms with van der Waals surface area (Å²) in [5, 5.41) is 13.0. The molecule has 0 saturated carbocycles. The number of aliphatic hydroxyl groups is 1. The lowest BCUT2D eigenvalue weighted by Gasteiger charge is -2.43. The van der Waals surface area contributed by atoms with Gasteiger partial charge in [-0.15, -0.1) is 0 Å². The number of hydrogen-bond acceptors (Lipinski definition) is 18. The van der Waals surface area contributed by atoms with E-state index in [-0.39, 0.29) is 87.1 Å². The van der Waals surface area contributed by atoms with Crippen LogP contribution in [0.5, 0.6) is 17.2 Å². The van der Waals surface area contributed by atoms with E-state index in [2.05, 4.69) is 21.3 Å². The summed E-state index contributed by atoms with van der Waals surface area (Å²) in [5.74, 6) is -2.15. The van der Waals surface area contributed by atoms with Gasteiger partial charge in [0.15, 0.2) is 17.3 Å². The number of nitrogens with zero attached hydrogens (tertiary/aromatic N) is 4. The summed E-state index contributed by atoms with van der Waals surface area (Å²) in [6, 6.07) is 10.6. The Bertz CT molecular complexity index is 1870. The summed E-state index contributed by atoms with van der Waals surface area (Å²) in [6.45, 7) is 11.2. The first-order chi connectivity index (χ1) is 30.9. The van der Waals surface area contributed by atoms with Gasteiger partial charge in [-0.05, 0) is 54.3 Å². The Morgan fingerprint density at radius 2 is 1.41 bits per heavy atom. The van der Waals surface area contributed by atoms with E-state index in [1.54, 1.807) is 12.1 Å². The number of benzene rings is 2. The average Bonchev–Trinajstić information content (AvgIpc) is 3.27. The molecule has 0 spiro atoms. The molecule has 6 atom stereocenters. The van der Waals surface area contributed by atoms with Gasteiger partial charge in [-0.25, -0.2) is 0 Å². The first kappa shape index (κ1) is 53.8. The minimum atomic E-state index is -4.09. The highest BCUT2D eigenvalue weighted by molar-refractivity contribution is 7.85. The Labute approximate surface area is 375 Å². The smallest absolute Gasteiger partial charge is 0.388 e. The van der Waals surface area contributed by atoms with E-state index in [0.717, 1.165) is 12.8 Å². The van der Waals surface area contributed by atoms with Crippen molar-refractivity contribution in [3.8, 4) is 17.2 Å². The molecule has 1 aliphatic heterocycles. The van der Waals surface area contributed by atoms with Crippen molar-refractivity contribution in [3.63, 3.8) is 0 Å². The highest BCUT2D eigenvalue weighted by Crippen LogP contribution is 2.38. The SMILES string of the molecule is CCCCOCCOCCN=S(=O)(Oc1ccc(CO)cc1)Oc1cc(C(=O)CCCOCCOCCOCCN=[N+]=[N-])ccc1O[C@H]1O[C@H](COC(C)=O)[C@H](OC(C)=O)[C@H](C)[C@H]1C. The molecule has 0 aromatic heterocycles. The lowest BCUT2D eigenvalue weighted by molar-refractivity contribution is -0.248. The lowest BCUT2D eigenvalue weighted by Crippen LogP contribution is -2.54. The number of rotatable bonds is 33. The Morgan fingerprint density at radius 1 is 0.781 bits per heavy atom. The number of esters is 2. The van der Waals surface area contributed by atoms with Gasteiger partial charge in [0.2, 0.25) is 6.29 Å². The predicted molar refractivity (Wildman–Crippen MR) is 232 cm³/mol. The summed E-state index contributed by atoms with van der Waals surface area (Å²) >= 11 is 0. The number of ether oxygens (including phenoxy) is 9. The molecule has 1 unspecified atom stereocenters. The van der Waals surface area contributed by atoms with Gasteiger partial charge in [-0.3, -0.25) is 14.4 Å². The molecular formula is C43H64N4O16S. The van der Waals surface area contributed by atoms with Gasteiger partial charge >= 0.3 is 22.2 Å².